The number of hydrogen-bond donors (Lipinski definition) is 4. The molecule has 4 N–H and O–H groups in total. The van der Waals surface area contributed by atoms with Gasteiger partial charge in [0.15, 0.2) is 5.78 Å². The van der Waals surface area contributed by atoms with E-state index in [-0.39, 0.29) is 36.6 Å². The van der Waals surface area contributed by atoms with Crippen LogP contribution in [0.4, 0.5) is 0 Å². The smallest absolute Gasteiger partial charge is 0.306 e. The molecule has 8 heteroatoms. The molecule has 2 aliphatic heterocycles. The Hall–Kier alpha value is -4.85. The second-order valence-electron chi connectivity index (χ2n) is 15.4. The summed E-state index contributed by atoms with van der Waals surface area (Å²) in [4.78, 5) is 50.8. The highest BCUT2D eigenvalue weighted by Gasteiger charge is 2.45. The Bertz CT molecular complexity index is 2180. The van der Waals surface area contributed by atoms with Gasteiger partial charge in [0, 0.05) is 74.1 Å². The van der Waals surface area contributed by atoms with Crippen molar-refractivity contribution in [3.8, 4) is 0 Å². The zero-order valence-electron chi connectivity index (χ0n) is 32.8. The molecular weight excluding hydrogens is 661 g/mol. The second-order valence-corrected chi connectivity index (χ2v) is 15.4. The first-order chi connectivity index (χ1) is 25.4. The van der Waals surface area contributed by atoms with E-state index in [2.05, 4.69) is 93.5 Å². The number of Topliss-reactive ketones (excluding diaryl/α,β-unsaturated/α-hetero) is 1. The van der Waals surface area contributed by atoms with E-state index in [1.165, 1.54) is 29.5 Å². The maximum atomic E-state index is 14.0. The van der Waals surface area contributed by atoms with Crippen LogP contribution >= 0.6 is 0 Å². The molecule has 6 rings (SSSR count). The largest absolute Gasteiger partial charge is 0.461 e. The SMILES string of the molecule is C=Cc1c2[nH]c(c1C)/C=C1\N/C(=C3\c4[nH]c(c(C)c4C(=O)[C@@H]3C=O)/C=c3\[nH]/c(c(C)c3CC)=C\2)[C@@H](CCC(=O)OC/C=C(\C)CCC[C@H](C)CC)[C@@H]1C. The first-order valence-electron chi connectivity index (χ1n) is 19.4. The van der Waals surface area contributed by atoms with E-state index in [1.807, 2.05) is 19.1 Å². The number of rotatable bonds is 13. The van der Waals surface area contributed by atoms with E-state index in [4.69, 9.17) is 4.74 Å². The predicted octanol–water partition coefficient (Wildman–Crippen LogP) is 7.88. The third kappa shape index (κ3) is 7.12. The standard InChI is InChI=1S/C45H56N4O4/c1-10-24(4)14-13-15-25(5)18-19-53-40(51)17-16-32-28(8)36-20-34-26(6)30(11-2)38(46-34)21-35-27(7)31(12-3)39(47-35)22-37-29(9)41-44(49-37)42(43(32)48-36)33(23-50)45(41)52/h11,18,20-24,28,32-33,46-49H,2,10,12-17,19H2,1,3-9H3/b25-18+,35-21-,36-20-,39-22-,43-42-/t24-,28+,32+,33-/m1/s1. The van der Waals surface area contributed by atoms with Crippen molar-refractivity contribution in [1.29, 1.82) is 0 Å². The van der Waals surface area contributed by atoms with Crippen molar-refractivity contribution in [2.75, 3.05) is 6.61 Å². The second kappa shape index (κ2) is 15.6. The van der Waals surface area contributed by atoms with Gasteiger partial charge in [-0.15, -0.1) is 0 Å². The number of hydrogen-bond acceptors (Lipinski definition) is 5. The van der Waals surface area contributed by atoms with Gasteiger partial charge in [-0.05, 0) is 106 Å². The van der Waals surface area contributed by atoms with Crippen molar-refractivity contribution < 1.29 is 19.1 Å². The van der Waals surface area contributed by atoms with Crippen LogP contribution in [0.2, 0.25) is 0 Å². The van der Waals surface area contributed by atoms with E-state index in [0.717, 1.165) is 87.3 Å². The van der Waals surface area contributed by atoms with Gasteiger partial charge in [-0.25, -0.2) is 0 Å². The molecular formula is C45H56N4O4. The molecule has 0 radical (unpaired) electrons. The van der Waals surface area contributed by atoms with Gasteiger partial charge in [0.2, 0.25) is 0 Å². The Morgan fingerprint density at radius 2 is 1.72 bits per heavy atom. The molecule has 8 nitrogen and oxygen atoms in total. The number of carbonyl (C=O) groups excluding carboxylic acids is 3. The fourth-order valence-electron chi connectivity index (χ4n) is 8.48. The number of allylic oxidation sites excluding steroid dienone is 4. The van der Waals surface area contributed by atoms with Crippen LogP contribution < -0.4 is 16.0 Å². The average Bonchev–Trinajstić information content (AvgIpc) is 3.87. The number of aldehydes is 1. The molecule has 1 aliphatic carbocycles. The molecule has 1 saturated heterocycles. The molecule has 53 heavy (non-hydrogen) atoms. The summed E-state index contributed by atoms with van der Waals surface area (Å²) in [6.07, 6.45) is 17.1. The fourth-order valence-corrected chi connectivity index (χ4v) is 8.48. The van der Waals surface area contributed by atoms with Crippen LogP contribution in [0.5, 0.6) is 0 Å². The molecule has 0 aromatic carbocycles. The monoisotopic (exact) mass is 716 g/mol. The fraction of sp³-hybridized carbons (Fsp3) is 0.444. The van der Waals surface area contributed by atoms with Crippen molar-refractivity contribution in [2.45, 2.75) is 100 Å². The van der Waals surface area contributed by atoms with Crippen LogP contribution in [0.15, 0.2) is 29.6 Å². The zero-order valence-corrected chi connectivity index (χ0v) is 32.8. The highest BCUT2D eigenvalue weighted by atomic mass is 16.5. The van der Waals surface area contributed by atoms with Crippen LogP contribution in [-0.4, -0.2) is 39.6 Å². The number of aromatic nitrogens is 3. The van der Waals surface area contributed by atoms with Gasteiger partial charge in [-0.2, -0.15) is 0 Å². The van der Waals surface area contributed by atoms with E-state index >= 15 is 0 Å². The summed E-state index contributed by atoms with van der Waals surface area (Å²) < 4.78 is 5.69. The lowest BCUT2D eigenvalue weighted by Crippen LogP contribution is -2.18. The van der Waals surface area contributed by atoms with Gasteiger partial charge >= 0.3 is 5.97 Å². The summed E-state index contributed by atoms with van der Waals surface area (Å²) in [5, 5.41) is 5.68. The number of H-pyrrole nitrogens is 3. The summed E-state index contributed by atoms with van der Waals surface area (Å²) in [6.45, 7) is 21.5. The van der Waals surface area contributed by atoms with E-state index in [9.17, 15) is 14.4 Å². The number of fused-ring (bicyclic) bond motifs is 7. The highest BCUT2D eigenvalue weighted by molar-refractivity contribution is 6.22. The van der Waals surface area contributed by atoms with E-state index in [1.54, 1.807) is 0 Å². The highest BCUT2D eigenvalue weighted by Crippen LogP contribution is 2.47. The molecule has 5 heterocycles. The van der Waals surface area contributed by atoms with Crippen molar-refractivity contribution in [2.24, 2.45) is 23.7 Å². The molecule has 3 aromatic rings. The van der Waals surface area contributed by atoms with Crippen LogP contribution in [0.3, 0.4) is 0 Å². The van der Waals surface area contributed by atoms with E-state index in [0.29, 0.717) is 23.3 Å². The van der Waals surface area contributed by atoms with Crippen molar-refractivity contribution in [1.82, 2.24) is 20.3 Å². The molecule has 0 spiro atoms. The Kier molecular flexibility index (Phi) is 11.2. The molecule has 0 amide bonds. The third-order valence-electron chi connectivity index (χ3n) is 12.1. The maximum absolute atomic E-state index is 14.0. The summed E-state index contributed by atoms with van der Waals surface area (Å²) >= 11 is 0. The molecule has 3 aromatic heterocycles. The first-order valence-corrected chi connectivity index (χ1v) is 19.4. The molecule has 0 saturated carbocycles. The van der Waals surface area contributed by atoms with Crippen molar-refractivity contribution >= 4 is 47.9 Å². The Morgan fingerprint density at radius 3 is 2.42 bits per heavy atom. The van der Waals surface area contributed by atoms with Crippen LogP contribution in [0, 0.1) is 44.4 Å². The summed E-state index contributed by atoms with van der Waals surface area (Å²) in [5.41, 5.74) is 12.9. The first kappa shape index (κ1) is 37.9. The molecule has 4 atom stereocenters. The van der Waals surface area contributed by atoms with Gasteiger partial charge in [-0.1, -0.05) is 58.8 Å². The molecule has 0 unspecified atom stereocenters. The molecule has 8 bridgehead atoms. The number of aromatic amines is 3. The number of esters is 1. The normalized spacial score (nSPS) is 23.4. The van der Waals surface area contributed by atoms with Crippen LogP contribution in [-0.2, 0) is 20.7 Å². The Balaban J connectivity index is 1.41. The van der Waals surface area contributed by atoms with Crippen molar-refractivity contribution in [3.05, 3.63) is 96.5 Å². The third-order valence-corrected chi connectivity index (χ3v) is 12.1. The lowest BCUT2D eigenvalue weighted by Gasteiger charge is -2.18. The Morgan fingerprint density at radius 1 is 0.981 bits per heavy atom. The average molecular weight is 717 g/mol. The van der Waals surface area contributed by atoms with Gasteiger partial charge in [0.05, 0.1) is 5.69 Å². The lowest BCUT2D eigenvalue weighted by atomic mass is 9.85. The lowest BCUT2D eigenvalue weighted by molar-refractivity contribution is -0.142. The molecule has 280 valence electrons. The maximum Gasteiger partial charge on any atom is 0.306 e. The molecule has 1 fully saturated rings. The minimum atomic E-state index is -0.939. The van der Waals surface area contributed by atoms with Gasteiger partial charge < -0.3 is 29.8 Å². The summed E-state index contributed by atoms with van der Waals surface area (Å²) in [5.74, 6) is -0.863. The topological polar surface area (TPSA) is 120 Å². The van der Waals surface area contributed by atoms with Gasteiger partial charge in [0.1, 0.15) is 18.8 Å². The van der Waals surface area contributed by atoms with Crippen LogP contribution in [0.1, 0.15) is 134 Å². The number of nitrogens with one attached hydrogen (secondary N) is 4. The van der Waals surface area contributed by atoms with Crippen LogP contribution in [0.25, 0.3) is 29.9 Å². The predicted molar refractivity (Wildman–Crippen MR) is 214 cm³/mol. The number of carbonyl (C=O) groups is 3. The molecule has 3 aliphatic rings. The Labute approximate surface area is 313 Å². The van der Waals surface area contributed by atoms with Gasteiger partial charge in [-0.3, -0.25) is 9.59 Å². The minimum absolute atomic E-state index is 0.0376. The quantitative estimate of drug-likeness (QED) is 0.0621. The summed E-state index contributed by atoms with van der Waals surface area (Å²) in [7, 11) is 0. The summed E-state index contributed by atoms with van der Waals surface area (Å²) in [6, 6.07) is 0. The van der Waals surface area contributed by atoms with Gasteiger partial charge in [0.25, 0.3) is 0 Å². The number of ether oxygens (including phenoxy) is 1. The van der Waals surface area contributed by atoms with Crippen molar-refractivity contribution in [3.63, 3.8) is 0 Å². The van der Waals surface area contributed by atoms with E-state index < -0.39 is 5.92 Å². The zero-order chi connectivity index (χ0) is 38.1. The minimum Gasteiger partial charge on any atom is -0.461 e. The number of ketones is 1.